The van der Waals surface area contributed by atoms with E-state index in [1.54, 1.807) is 36.1 Å². The van der Waals surface area contributed by atoms with Crippen LogP contribution in [0, 0.1) is 6.92 Å². The number of nitrogens with zero attached hydrogens (tertiary/aromatic N) is 4. The molecule has 128 valence electrons. The summed E-state index contributed by atoms with van der Waals surface area (Å²) in [6.45, 7) is 3.67. The predicted octanol–water partition coefficient (Wildman–Crippen LogP) is 2.55. The fourth-order valence-electron chi connectivity index (χ4n) is 2.40. The van der Waals surface area contributed by atoms with Gasteiger partial charge < -0.3 is 10.1 Å². The van der Waals surface area contributed by atoms with Crippen molar-refractivity contribution in [3.8, 4) is 11.7 Å². The van der Waals surface area contributed by atoms with Crippen LogP contribution in [0.1, 0.15) is 18.3 Å². The number of carbonyl (C=O) groups excluding carboxylic acids is 1. The van der Waals surface area contributed by atoms with Crippen molar-refractivity contribution in [2.75, 3.05) is 11.9 Å². The third-order valence-electron chi connectivity index (χ3n) is 3.56. The highest BCUT2D eigenvalue weighted by Crippen LogP contribution is 2.16. The van der Waals surface area contributed by atoms with Gasteiger partial charge in [0.15, 0.2) is 12.4 Å². The summed E-state index contributed by atoms with van der Waals surface area (Å²) in [4.78, 5) is 20.7. The SMILES string of the molecule is CCc1ccccc1NC(=O)COc1cc(-n2cccn2)nc(C)n1. The fourth-order valence-corrected chi connectivity index (χ4v) is 2.40. The normalized spacial score (nSPS) is 10.5. The molecule has 0 aliphatic carbocycles. The first-order valence-corrected chi connectivity index (χ1v) is 8.02. The summed E-state index contributed by atoms with van der Waals surface area (Å²) >= 11 is 0. The van der Waals surface area contributed by atoms with E-state index in [1.165, 1.54) is 0 Å². The standard InChI is InChI=1S/C18H19N5O2/c1-3-14-7-4-5-8-15(14)22-17(24)12-25-18-11-16(20-13(2)21-18)23-10-6-9-19-23/h4-11H,3,12H2,1-2H3,(H,22,24). The Morgan fingerprint density at radius 1 is 1.24 bits per heavy atom. The summed E-state index contributed by atoms with van der Waals surface area (Å²) in [6.07, 6.45) is 4.28. The number of aromatic nitrogens is 4. The molecule has 0 spiro atoms. The van der Waals surface area contributed by atoms with Crippen molar-refractivity contribution in [3.63, 3.8) is 0 Å². The van der Waals surface area contributed by atoms with Gasteiger partial charge in [-0.05, 0) is 31.0 Å². The Morgan fingerprint density at radius 3 is 2.84 bits per heavy atom. The van der Waals surface area contributed by atoms with Gasteiger partial charge in [-0.1, -0.05) is 25.1 Å². The lowest BCUT2D eigenvalue weighted by atomic mass is 10.1. The minimum absolute atomic E-state index is 0.132. The molecule has 0 atom stereocenters. The zero-order valence-electron chi connectivity index (χ0n) is 14.1. The van der Waals surface area contributed by atoms with E-state index in [0.717, 1.165) is 17.7 Å². The van der Waals surface area contributed by atoms with Crippen LogP contribution in [0.4, 0.5) is 5.69 Å². The molecule has 25 heavy (non-hydrogen) atoms. The lowest BCUT2D eigenvalue weighted by Gasteiger charge is -2.11. The average molecular weight is 337 g/mol. The molecule has 0 unspecified atom stereocenters. The monoisotopic (exact) mass is 337 g/mol. The third kappa shape index (κ3) is 4.20. The summed E-state index contributed by atoms with van der Waals surface area (Å²) in [6, 6.07) is 11.1. The van der Waals surface area contributed by atoms with Crippen molar-refractivity contribution < 1.29 is 9.53 Å². The molecule has 0 saturated heterocycles. The lowest BCUT2D eigenvalue weighted by molar-refractivity contribution is -0.118. The Balaban J connectivity index is 1.66. The van der Waals surface area contributed by atoms with Crippen molar-refractivity contribution >= 4 is 11.6 Å². The van der Waals surface area contributed by atoms with Crippen LogP contribution < -0.4 is 10.1 Å². The molecule has 1 aromatic carbocycles. The van der Waals surface area contributed by atoms with E-state index in [-0.39, 0.29) is 12.5 Å². The number of aryl methyl sites for hydroxylation is 2. The number of carbonyl (C=O) groups is 1. The highest BCUT2D eigenvalue weighted by Gasteiger charge is 2.09. The second-order valence-corrected chi connectivity index (χ2v) is 5.41. The maximum Gasteiger partial charge on any atom is 0.262 e. The molecule has 0 saturated carbocycles. The lowest BCUT2D eigenvalue weighted by Crippen LogP contribution is -2.21. The first-order valence-electron chi connectivity index (χ1n) is 8.02. The van der Waals surface area contributed by atoms with E-state index in [0.29, 0.717) is 17.5 Å². The molecular weight excluding hydrogens is 318 g/mol. The number of amides is 1. The zero-order valence-corrected chi connectivity index (χ0v) is 14.1. The fraction of sp³-hybridized carbons (Fsp3) is 0.222. The van der Waals surface area contributed by atoms with Gasteiger partial charge in [-0.25, -0.2) is 9.67 Å². The molecule has 3 aromatic rings. The van der Waals surface area contributed by atoms with E-state index >= 15 is 0 Å². The molecular formula is C18H19N5O2. The number of hydrogen-bond acceptors (Lipinski definition) is 5. The van der Waals surface area contributed by atoms with Gasteiger partial charge in [-0.15, -0.1) is 0 Å². The van der Waals surface area contributed by atoms with Gasteiger partial charge in [0.25, 0.3) is 5.91 Å². The minimum Gasteiger partial charge on any atom is -0.467 e. The summed E-state index contributed by atoms with van der Waals surface area (Å²) in [5.74, 6) is 1.22. The number of para-hydroxylation sites is 1. The van der Waals surface area contributed by atoms with Gasteiger partial charge >= 0.3 is 0 Å². The van der Waals surface area contributed by atoms with Crippen LogP contribution in [0.2, 0.25) is 0 Å². The van der Waals surface area contributed by atoms with E-state index in [9.17, 15) is 4.79 Å². The minimum atomic E-state index is -0.238. The maximum atomic E-state index is 12.2. The zero-order chi connectivity index (χ0) is 17.6. The van der Waals surface area contributed by atoms with Crippen molar-refractivity contribution in [2.24, 2.45) is 0 Å². The number of benzene rings is 1. The molecule has 0 aliphatic rings. The number of nitrogens with one attached hydrogen (secondary N) is 1. The number of rotatable bonds is 6. The van der Waals surface area contributed by atoms with Gasteiger partial charge in [-0.2, -0.15) is 10.1 Å². The molecule has 0 bridgehead atoms. The van der Waals surface area contributed by atoms with E-state index in [1.807, 2.05) is 31.2 Å². The Bertz CT molecular complexity index is 862. The first kappa shape index (κ1) is 16.6. The Labute approximate surface area is 145 Å². The largest absolute Gasteiger partial charge is 0.467 e. The highest BCUT2D eigenvalue weighted by atomic mass is 16.5. The van der Waals surface area contributed by atoms with Gasteiger partial charge in [0.1, 0.15) is 5.82 Å². The molecule has 0 fully saturated rings. The predicted molar refractivity (Wildman–Crippen MR) is 93.8 cm³/mol. The molecule has 1 amide bonds. The topological polar surface area (TPSA) is 81.9 Å². The Hall–Kier alpha value is -3.22. The van der Waals surface area contributed by atoms with Crippen molar-refractivity contribution in [2.45, 2.75) is 20.3 Å². The molecule has 2 heterocycles. The molecule has 7 heteroatoms. The van der Waals surface area contributed by atoms with Gasteiger partial charge in [0, 0.05) is 24.1 Å². The molecule has 2 aromatic heterocycles. The molecule has 3 rings (SSSR count). The summed E-state index contributed by atoms with van der Waals surface area (Å²) in [7, 11) is 0. The number of ether oxygens (including phenoxy) is 1. The van der Waals surface area contributed by atoms with Crippen LogP contribution >= 0.6 is 0 Å². The highest BCUT2D eigenvalue weighted by molar-refractivity contribution is 5.92. The smallest absolute Gasteiger partial charge is 0.262 e. The summed E-state index contributed by atoms with van der Waals surface area (Å²) in [5, 5.41) is 6.99. The van der Waals surface area contributed by atoms with Crippen LogP contribution in [-0.4, -0.2) is 32.3 Å². The quantitative estimate of drug-likeness (QED) is 0.747. The molecule has 1 N–H and O–H groups in total. The summed E-state index contributed by atoms with van der Waals surface area (Å²) < 4.78 is 7.14. The van der Waals surface area contributed by atoms with Crippen LogP contribution in [0.25, 0.3) is 5.82 Å². The van der Waals surface area contributed by atoms with Crippen LogP contribution in [0.15, 0.2) is 48.8 Å². The van der Waals surface area contributed by atoms with Crippen LogP contribution in [-0.2, 0) is 11.2 Å². The van der Waals surface area contributed by atoms with Crippen LogP contribution in [0.3, 0.4) is 0 Å². The third-order valence-corrected chi connectivity index (χ3v) is 3.56. The van der Waals surface area contributed by atoms with Crippen LogP contribution in [0.5, 0.6) is 5.88 Å². The number of anilines is 1. The van der Waals surface area contributed by atoms with Gasteiger partial charge in [0.05, 0.1) is 0 Å². The van der Waals surface area contributed by atoms with E-state index in [2.05, 4.69) is 20.4 Å². The van der Waals surface area contributed by atoms with Crippen molar-refractivity contribution in [3.05, 3.63) is 60.2 Å². The number of hydrogen-bond donors (Lipinski definition) is 1. The second kappa shape index (κ2) is 7.57. The first-order chi connectivity index (χ1) is 12.2. The van der Waals surface area contributed by atoms with Gasteiger partial charge in [-0.3, -0.25) is 4.79 Å². The Kier molecular flexibility index (Phi) is 5.03. The Morgan fingerprint density at radius 2 is 2.08 bits per heavy atom. The van der Waals surface area contributed by atoms with Gasteiger partial charge in [0.2, 0.25) is 5.88 Å². The molecule has 0 aliphatic heterocycles. The summed E-state index contributed by atoms with van der Waals surface area (Å²) in [5.41, 5.74) is 1.88. The van der Waals surface area contributed by atoms with Crippen molar-refractivity contribution in [1.29, 1.82) is 0 Å². The van der Waals surface area contributed by atoms with Crippen molar-refractivity contribution in [1.82, 2.24) is 19.7 Å². The molecule has 7 nitrogen and oxygen atoms in total. The second-order valence-electron chi connectivity index (χ2n) is 5.41. The average Bonchev–Trinajstić information content (AvgIpc) is 3.15. The maximum absolute atomic E-state index is 12.2. The molecule has 0 radical (unpaired) electrons. The van der Waals surface area contributed by atoms with E-state index in [4.69, 9.17) is 4.74 Å². The van der Waals surface area contributed by atoms with E-state index < -0.39 is 0 Å².